The number of ether oxygens (including phenoxy) is 2. The number of aromatic carboxylic acids is 1. The standard InChI is InChI=1S/C21H24N2O5/c1-14-3-5-15(6-4-14)20(24)22-16-7-8-19(18(11-16)21(25)26)23(2)12-17-13-27-9-10-28-17/h3-8,11,17H,9-10,12-13H2,1-2H3,(H,22,24)(H,25,26). The van der Waals surface area contributed by atoms with Gasteiger partial charge < -0.3 is 24.8 Å². The number of amides is 1. The summed E-state index contributed by atoms with van der Waals surface area (Å²) in [7, 11) is 1.81. The van der Waals surface area contributed by atoms with Gasteiger partial charge in [0.05, 0.1) is 37.2 Å². The molecule has 2 aromatic carbocycles. The number of benzene rings is 2. The minimum Gasteiger partial charge on any atom is -0.478 e. The first-order valence-corrected chi connectivity index (χ1v) is 9.10. The average Bonchev–Trinajstić information content (AvgIpc) is 2.69. The molecule has 0 aliphatic carbocycles. The minimum atomic E-state index is -1.06. The Labute approximate surface area is 163 Å². The Bertz CT molecular complexity index is 844. The van der Waals surface area contributed by atoms with Crippen molar-refractivity contribution < 1.29 is 24.2 Å². The second kappa shape index (κ2) is 8.86. The number of carbonyl (C=O) groups excluding carboxylic acids is 1. The molecule has 0 aromatic heterocycles. The number of carboxylic acids is 1. The molecule has 1 unspecified atom stereocenters. The van der Waals surface area contributed by atoms with Crippen LogP contribution < -0.4 is 10.2 Å². The average molecular weight is 384 g/mol. The van der Waals surface area contributed by atoms with Gasteiger partial charge in [0.1, 0.15) is 0 Å². The van der Waals surface area contributed by atoms with Gasteiger partial charge in [0.25, 0.3) is 5.91 Å². The molecule has 0 radical (unpaired) electrons. The maximum atomic E-state index is 12.4. The Hall–Kier alpha value is -2.90. The topological polar surface area (TPSA) is 88.1 Å². The Balaban J connectivity index is 1.75. The molecule has 2 N–H and O–H groups in total. The van der Waals surface area contributed by atoms with E-state index >= 15 is 0 Å². The summed E-state index contributed by atoms with van der Waals surface area (Å²) in [5.41, 5.74) is 2.66. The smallest absolute Gasteiger partial charge is 0.337 e. The summed E-state index contributed by atoms with van der Waals surface area (Å²) in [6.07, 6.45) is -0.110. The lowest BCUT2D eigenvalue weighted by atomic mass is 10.1. The van der Waals surface area contributed by atoms with E-state index in [1.807, 2.05) is 31.0 Å². The highest BCUT2D eigenvalue weighted by atomic mass is 16.6. The fourth-order valence-electron chi connectivity index (χ4n) is 3.07. The van der Waals surface area contributed by atoms with E-state index in [9.17, 15) is 14.7 Å². The van der Waals surface area contributed by atoms with Crippen LogP contribution in [0.1, 0.15) is 26.3 Å². The number of nitrogens with zero attached hydrogens (tertiary/aromatic N) is 1. The Kier molecular flexibility index (Phi) is 6.28. The van der Waals surface area contributed by atoms with Crippen LogP contribution in [0.3, 0.4) is 0 Å². The molecule has 148 valence electrons. The Morgan fingerprint density at radius 3 is 2.57 bits per heavy atom. The zero-order chi connectivity index (χ0) is 20.1. The normalized spacial score (nSPS) is 16.4. The first-order valence-electron chi connectivity index (χ1n) is 9.10. The summed E-state index contributed by atoms with van der Waals surface area (Å²) >= 11 is 0. The highest BCUT2D eigenvalue weighted by Gasteiger charge is 2.20. The fraction of sp³-hybridized carbons (Fsp3) is 0.333. The predicted octanol–water partition coefficient (Wildman–Crippen LogP) is 2.80. The van der Waals surface area contributed by atoms with Crippen LogP contribution in [-0.4, -0.2) is 56.5 Å². The summed E-state index contributed by atoms with van der Waals surface area (Å²) in [6.45, 7) is 4.05. The lowest BCUT2D eigenvalue weighted by Crippen LogP contribution is -2.38. The van der Waals surface area contributed by atoms with Crippen LogP contribution in [0.15, 0.2) is 42.5 Å². The molecule has 1 saturated heterocycles. The number of anilines is 2. The van der Waals surface area contributed by atoms with E-state index in [0.717, 1.165) is 5.56 Å². The third-order valence-electron chi connectivity index (χ3n) is 4.57. The van der Waals surface area contributed by atoms with Crippen LogP contribution in [0, 0.1) is 6.92 Å². The van der Waals surface area contributed by atoms with Crippen molar-refractivity contribution in [1.82, 2.24) is 0 Å². The van der Waals surface area contributed by atoms with Crippen LogP contribution in [-0.2, 0) is 9.47 Å². The first-order chi connectivity index (χ1) is 13.4. The lowest BCUT2D eigenvalue weighted by Gasteiger charge is -2.29. The van der Waals surface area contributed by atoms with Gasteiger partial charge in [-0.1, -0.05) is 17.7 Å². The van der Waals surface area contributed by atoms with E-state index in [4.69, 9.17) is 9.47 Å². The molecule has 0 saturated carbocycles. The molecule has 2 aromatic rings. The van der Waals surface area contributed by atoms with Gasteiger partial charge >= 0.3 is 5.97 Å². The first kappa shape index (κ1) is 19.9. The van der Waals surface area contributed by atoms with Crippen molar-refractivity contribution in [2.24, 2.45) is 0 Å². The number of carbonyl (C=O) groups is 2. The molecule has 3 rings (SSSR count). The van der Waals surface area contributed by atoms with Crippen molar-refractivity contribution in [1.29, 1.82) is 0 Å². The van der Waals surface area contributed by atoms with Crippen LogP contribution in [0.25, 0.3) is 0 Å². The molecule has 1 fully saturated rings. The van der Waals surface area contributed by atoms with Gasteiger partial charge in [-0.25, -0.2) is 4.79 Å². The number of nitrogens with one attached hydrogen (secondary N) is 1. The van der Waals surface area contributed by atoms with Gasteiger partial charge in [0.15, 0.2) is 0 Å². The van der Waals surface area contributed by atoms with Gasteiger partial charge in [-0.2, -0.15) is 0 Å². The van der Waals surface area contributed by atoms with Crippen molar-refractivity contribution >= 4 is 23.3 Å². The zero-order valence-electron chi connectivity index (χ0n) is 16.0. The third kappa shape index (κ3) is 4.88. The van der Waals surface area contributed by atoms with E-state index in [2.05, 4.69) is 5.32 Å². The molecular weight excluding hydrogens is 360 g/mol. The van der Waals surface area contributed by atoms with Gasteiger partial charge in [-0.05, 0) is 37.3 Å². The molecule has 1 amide bonds. The Morgan fingerprint density at radius 2 is 1.93 bits per heavy atom. The van der Waals surface area contributed by atoms with E-state index in [-0.39, 0.29) is 17.6 Å². The summed E-state index contributed by atoms with van der Waals surface area (Å²) < 4.78 is 11.0. The molecule has 1 atom stereocenters. The second-order valence-corrected chi connectivity index (χ2v) is 6.81. The molecular formula is C21H24N2O5. The van der Waals surface area contributed by atoms with Crippen LogP contribution >= 0.6 is 0 Å². The minimum absolute atomic E-state index is 0.110. The fourth-order valence-corrected chi connectivity index (χ4v) is 3.07. The molecule has 0 spiro atoms. The maximum absolute atomic E-state index is 12.4. The van der Waals surface area contributed by atoms with Crippen molar-refractivity contribution in [3.8, 4) is 0 Å². The zero-order valence-corrected chi connectivity index (χ0v) is 16.0. The molecule has 28 heavy (non-hydrogen) atoms. The number of aryl methyl sites for hydroxylation is 1. The summed E-state index contributed by atoms with van der Waals surface area (Å²) in [6, 6.07) is 12.0. The number of likely N-dealkylation sites (N-methyl/N-ethyl adjacent to an activating group) is 1. The maximum Gasteiger partial charge on any atom is 0.337 e. The van der Waals surface area contributed by atoms with E-state index in [1.54, 1.807) is 24.3 Å². The molecule has 7 nitrogen and oxygen atoms in total. The van der Waals surface area contributed by atoms with Crippen molar-refractivity contribution in [3.63, 3.8) is 0 Å². The number of carboxylic acid groups (broad SMARTS) is 1. The molecule has 0 bridgehead atoms. The number of hydrogen-bond acceptors (Lipinski definition) is 5. The quantitative estimate of drug-likeness (QED) is 0.796. The largest absolute Gasteiger partial charge is 0.478 e. The summed E-state index contributed by atoms with van der Waals surface area (Å²) in [5.74, 6) is -1.35. The highest BCUT2D eigenvalue weighted by Crippen LogP contribution is 2.25. The van der Waals surface area contributed by atoms with E-state index < -0.39 is 5.97 Å². The Morgan fingerprint density at radius 1 is 1.18 bits per heavy atom. The van der Waals surface area contributed by atoms with Crippen molar-refractivity contribution in [3.05, 3.63) is 59.2 Å². The second-order valence-electron chi connectivity index (χ2n) is 6.81. The summed E-state index contributed by atoms with van der Waals surface area (Å²) in [5, 5.41) is 12.4. The van der Waals surface area contributed by atoms with E-state index in [1.165, 1.54) is 6.07 Å². The van der Waals surface area contributed by atoms with Crippen molar-refractivity contribution in [2.45, 2.75) is 13.0 Å². The van der Waals surface area contributed by atoms with Gasteiger partial charge in [-0.15, -0.1) is 0 Å². The predicted molar refractivity (Wildman–Crippen MR) is 106 cm³/mol. The van der Waals surface area contributed by atoms with Crippen LogP contribution in [0.2, 0.25) is 0 Å². The van der Waals surface area contributed by atoms with Crippen LogP contribution in [0.4, 0.5) is 11.4 Å². The number of hydrogen-bond donors (Lipinski definition) is 2. The van der Waals surface area contributed by atoms with E-state index in [0.29, 0.717) is 43.3 Å². The molecule has 1 heterocycles. The monoisotopic (exact) mass is 384 g/mol. The van der Waals surface area contributed by atoms with Crippen molar-refractivity contribution in [2.75, 3.05) is 43.6 Å². The van der Waals surface area contributed by atoms with Gasteiger partial charge in [0, 0.05) is 24.8 Å². The number of rotatable bonds is 6. The highest BCUT2D eigenvalue weighted by molar-refractivity contribution is 6.05. The molecule has 1 aliphatic heterocycles. The third-order valence-corrected chi connectivity index (χ3v) is 4.57. The summed E-state index contributed by atoms with van der Waals surface area (Å²) in [4.78, 5) is 26.0. The van der Waals surface area contributed by atoms with Gasteiger partial charge in [-0.3, -0.25) is 4.79 Å². The molecule has 1 aliphatic rings. The SMILES string of the molecule is Cc1ccc(C(=O)Nc2ccc(N(C)CC3COCCO3)c(C(=O)O)c2)cc1. The van der Waals surface area contributed by atoms with Gasteiger partial charge in [0.2, 0.25) is 0 Å². The lowest BCUT2D eigenvalue weighted by molar-refractivity contribution is -0.0837. The van der Waals surface area contributed by atoms with Crippen LogP contribution in [0.5, 0.6) is 0 Å². The molecule has 7 heteroatoms.